The standard InChI is InChI=1S/C8H15N3O/c1-2-8(12)11-4-3-7(5-11)10-6-9/h6-7H,2-5H2,1H3,(H2,9,10). The van der Waals surface area contributed by atoms with E-state index in [1.807, 2.05) is 11.8 Å². The van der Waals surface area contributed by atoms with E-state index in [9.17, 15) is 4.79 Å². The van der Waals surface area contributed by atoms with E-state index in [4.69, 9.17) is 5.73 Å². The number of amides is 1. The zero-order valence-corrected chi connectivity index (χ0v) is 7.36. The van der Waals surface area contributed by atoms with Crippen molar-refractivity contribution in [3.63, 3.8) is 0 Å². The van der Waals surface area contributed by atoms with Gasteiger partial charge in [-0.25, -0.2) is 0 Å². The number of likely N-dealkylation sites (tertiary alicyclic amines) is 1. The van der Waals surface area contributed by atoms with E-state index < -0.39 is 0 Å². The summed E-state index contributed by atoms with van der Waals surface area (Å²) < 4.78 is 0. The molecule has 0 aromatic rings. The molecule has 0 aromatic heterocycles. The SMILES string of the molecule is CCC(=O)N1CCC(N=CN)C1. The van der Waals surface area contributed by atoms with Crippen molar-refractivity contribution in [3.8, 4) is 0 Å². The average Bonchev–Trinajstić information content (AvgIpc) is 2.52. The van der Waals surface area contributed by atoms with E-state index in [2.05, 4.69) is 4.99 Å². The van der Waals surface area contributed by atoms with Gasteiger partial charge >= 0.3 is 0 Å². The Morgan fingerprint density at radius 3 is 3.17 bits per heavy atom. The lowest BCUT2D eigenvalue weighted by molar-refractivity contribution is -0.129. The molecule has 4 nitrogen and oxygen atoms in total. The zero-order valence-electron chi connectivity index (χ0n) is 7.36. The number of rotatable bonds is 2. The van der Waals surface area contributed by atoms with E-state index >= 15 is 0 Å². The molecular weight excluding hydrogens is 154 g/mol. The Balaban J connectivity index is 2.40. The number of nitrogens with two attached hydrogens (primary N) is 1. The Labute approximate surface area is 72.4 Å². The van der Waals surface area contributed by atoms with Gasteiger partial charge in [0.15, 0.2) is 0 Å². The molecule has 1 aliphatic heterocycles. The quantitative estimate of drug-likeness (QED) is 0.466. The predicted molar refractivity (Wildman–Crippen MR) is 48.0 cm³/mol. The van der Waals surface area contributed by atoms with E-state index in [1.165, 1.54) is 6.34 Å². The maximum Gasteiger partial charge on any atom is 0.222 e. The van der Waals surface area contributed by atoms with Gasteiger partial charge in [-0.3, -0.25) is 9.79 Å². The molecule has 0 bridgehead atoms. The molecule has 1 fully saturated rings. The lowest BCUT2D eigenvalue weighted by Crippen LogP contribution is -2.28. The largest absolute Gasteiger partial charge is 0.390 e. The third-order valence-electron chi connectivity index (χ3n) is 2.12. The van der Waals surface area contributed by atoms with Gasteiger partial charge in [0.1, 0.15) is 0 Å². The molecule has 4 heteroatoms. The molecule has 1 atom stereocenters. The second-order valence-corrected chi connectivity index (χ2v) is 2.93. The van der Waals surface area contributed by atoms with E-state index in [0.717, 1.165) is 19.5 Å². The maximum absolute atomic E-state index is 11.2. The first-order valence-corrected chi connectivity index (χ1v) is 4.29. The van der Waals surface area contributed by atoms with Crippen LogP contribution in [0.25, 0.3) is 0 Å². The van der Waals surface area contributed by atoms with Crippen LogP contribution in [0.4, 0.5) is 0 Å². The highest BCUT2D eigenvalue weighted by Gasteiger charge is 2.23. The summed E-state index contributed by atoms with van der Waals surface area (Å²) in [5.74, 6) is 0.213. The summed E-state index contributed by atoms with van der Waals surface area (Å²) in [5.41, 5.74) is 5.17. The summed E-state index contributed by atoms with van der Waals surface area (Å²) in [7, 11) is 0. The smallest absolute Gasteiger partial charge is 0.222 e. The minimum Gasteiger partial charge on any atom is -0.390 e. The van der Waals surface area contributed by atoms with Crippen molar-refractivity contribution in [2.45, 2.75) is 25.8 Å². The van der Waals surface area contributed by atoms with Gasteiger partial charge in [0.05, 0.1) is 12.4 Å². The molecule has 1 unspecified atom stereocenters. The Kier molecular flexibility index (Phi) is 3.08. The molecule has 1 saturated heterocycles. The van der Waals surface area contributed by atoms with Crippen LogP contribution in [0.3, 0.4) is 0 Å². The van der Waals surface area contributed by atoms with Crippen LogP contribution in [-0.4, -0.2) is 36.3 Å². The highest BCUT2D eigenvalue weighted by Crippen LogP contribution is 2.12. The minimum atomic E-state index is 0.213. The van der Waals surface area contributed by atoms with Crippen LogP contribution in [0.1, 0.15) is 19.8 Å². The molecule has 1 aliphatic rings. The van der Waals surface area contributed by atoms with E-state index in [-0.39, 0.29) is 11.9 Å². The molecule has 12 heavy (non-hydrogen) atoms. The molecule has 68 valence electrons. The molecule has 1 heterocycles. The lowest BCUT2D eigenvalue weighted by atomic mass is 10.3. The van der Waals surface area contributed by atoms with Crippen LogP contribution >= 0.6 is 0 Å². The van der Waals surface area contributed by atoms with Crippen molar-refractivity contribution in [1.29, 1.82) is 0 Å². The van der Waals surface area contributed by atoms with Crippen molar-refractivity contribution in [2.75, 3.05) is 13.1 Å². The monoisotopic (exact) mass is 169 g/mol. The van der Waals surface area contributed by atoms with Crippen molar-refractivity contribution >= 4 is 12.2 Å². The minimum absolute atomic E-state index is 0.213. The summed E-state index contributed by atoms with van der Waals surface area (Å²) in [4.78, 5) is 17.1. The number of carbonyl (C=O) groups excluding carboxylic acids is 1. The molecule has 0 radical (unpaired) electrons. The predicted octanol–water partition coefficient (Wildman–Crippen LogP) is -0.0157. The van der Waals surface area contributed by atoms with Crippen LogP contribution in [0, 0.1) is 0 Å². The number of nitrogens with zero attached hydrogens (tertiary/aromatic N) is 2. The van der Waals surface area contributed by atoms with Gasteiger partial charge in [-0.15, -0.1) is 0 Å². The zero-order chi connectivity index (χ0) is 8.97. The molecule has 0 aromatic carbocycles. The van der Waals surface area contributed by atoms with Gasteiger partial charge in [0.25, 0.3) is 0 Å². The summed E-state index contributed by atoms with van der Waals surface area (Å²) in [6, 6.07) is 0.227. The highest BCUT2D eigenvalue weighted by molar-refractivity contribution is 5.76. The Bertz CT molecular complexity index is 191. The molecule has 1 rings (SSSR count). The summed E-state index contributed by atoms with van der Waals surface area (Å²) >= 11 is 0. The van der Waals surface area contributed by atoms with Crippen molar-refractivity contribution < 1.29 is 4.79 Å². The average molecular weight is 169 g/mol. The van der Waals surface area contributed by atoms with Gasteiger partial charge in [-0.2, -0.15) is 0 Å². The number of carbonyl (C=O) groups is 1. The number of hydrogen-bond acceptors (Lipinski definition) is 2. The fourth-order valence-corrected chi connectivity index (χ4v) is 1.44. The Hall–Kier alpha value is -1.06. The molecule has 1 amide bonds. The number of hydrogen-bond donors (Lipinski definition) is 1. The van der Waals surface area contributed by atoms with Gasteiger partial charge in [-0.1, -0.05) is 6.92 Å². The third-order valence-corrected chi connectivity index (χ3v) is 2.12. The van der Waals surface area contributed by atoms with Gasteiger partial charge in [-0.05, 0) is 6.42 Å². The van der Waals surface area contributed by atoms with Gasteiger partial charge in [0, 0.05) is 19.5 Å². The highest BCUT2D eigenvalue weighted by atomic mass is 16.2. The molecule has 2 N–H and O–H groups in total. The topological polar surface area (TPSA) is 58.7 Å². The third kappa shape index (κ3) is 1.96. The maximum atomic E-state index is 11.2. The number of aliphatic imine (C=N–C) groups is 1. The van der Waals surface area contributed by atoms with Crippen LogP contribution in [0.5, 0.6) is 0 Å². The van der Waals surface area contributed by atoms with Crippen LogP contribution in [-0.2, 0) is 4.79 Å². The van der Waals surface area contributed by atoms with Crippen LogP contribution in [0.2, 0.25) is 0 Å². The van der Waals surface area contributed by atoms with E-state index in [0.29, 0.717) is 6.42 Å². The molecule has 0 aliphatic carbocycles. The van der Waals surface area contributed by atoms with Crippen LogP contribution < -0.4 is 5.73 Å². The summed E-state index contributed by atoms with van der Waals surface area (Å²) in [6.07, 6.45) is 2.85. The lowest BCUT2D eigenvalue weighted by Gasteiger charge is -2.13. The Morgan fingerprint density at radius 2 is 2.58 bits per heavy atom. The second-order valence-electron chi connectivity index (χ2n) is 2.93. The summed E-state index contributed by atoms with van der Waals surface area (Å²) in [5, 5.41) is 0. The van der Waals surface area contributed by atoms with Crippen molar-refractivity contribution in [1.82, 2.24) is 4.90 Å². The van der Waals surface area contributed by atoms with Crippen molar-refractivity contribution in [2.24, 2.45) is 10.7 Å². The molecule has 0 saturated carbocycles. The second kappa shape index (κ2) is 4.09. The molecular formula is C8H15N3O. The fraction of sp³-hybridized carbons (Fsp3) is 0.750. The van der Waals surface area contributed by atoms with Crippen LogP contribution in [0.15, 0.2) is 4.99 Å². The van der Waals surface area contributed by atoms with Crippen molar-refractivity contribution in [3.05, 3.63) is 0 Å². The first-order chi connectivity index (χ1) is 5.77. The van der Waals surface area contributed by atoms with E-state index in [1.54, 1.807) is 0 Å². The Morgan fingerprint density at radius 1 is 1.83 bits per heavy atom. The molecule has 0 spiro atoms. The fourth-order valence-electron chi connectivity index (χ4n) is 1.44. The normalized spacial score (nSPS) is 23.8. The first kappa shape index (κ1) is 9.03. The summed E-state index contributed by atoms with van der Waals surface area (Å²) in [6.45, 7) is 3.44. The van der Waals surface area contributed by atoms with Gasteiger partial charge < -0.3 is 10.6 Å². The van der Waals surface area contributed by atoms with Gasteiger partial charge in [0.2, 0.25) is 5.91 Å². The first-order valence-electron chi connectivity index (χ1n) is 4.29.